The number of rotatable bonds is 5. The van der Waals surface area contributed by atoms with Crippen LogP contribution in [-0.4, -0.2) is 60.2 Å². The number of methoxy groups -OCH3 is 1. The lowest BCUT2D eigenvalue weighted by atomic mass is 10.1. The molecule has 0 spiro atoms. The maximum absolute atomic E-state index is 11.0. The van der Waals surface area contributed by atoms with Crippen molar-refractivity contribution in [3.63, 3.8) is 0 Å². The smallest absolute Gasteiger partial charge is 0.320 e. The number of aliphatic carboxylic acids is 1. The van der Waals surface area contributed by atoms with Gasteiger partial charge in [-0.05, 0) is 25.1 Å². The first-order valence-electron chi connectivity index (χ1n) is 7.03. The molecule has 5 nitrogen and oxygen atoms in total. The number of ether oxygens (including phenoxy) is 1. The minimum absolute atomic E-state index is 0.423. The highest BCUT2D eigenvalue weighted by atomic mass is 35.5. The third kappa shape index (κ3) is 4.09. The minimum atomic E-state index is -0.764. The summed E-state index contributed by atoms with van der Waals surface area (Å²) in [6.45, 7) is 5.70. The Balaban J connectivity index is 1.95. The van der Waals surface area contributed by atoms with Gasteiger partial charge >= 0.3 is 5.97 Å². The van der Waals surface area contributed by atoms with Crippen molar-refractivity contribution in [1.82, 2.24) is 9.80 Å². The lowest BCUT2D eigenvalue weighted by Crippen LogP contribution is -2.51. The molecule has 0 aromatic heterocycles. The first-order valence-corrected chi connectivity index (χ1v) is 7.40. The summed E-state index contributed by atoms with van der Waals surface area (Å²) >= 11 is 6.04. The Labute approximate surface area is 130 Å². The van der Waals surface area contributed by atoms with Crippen LogP contribution in [0, 0.1) is 0 Å². The van der Waals surface area contributed by atoms with Crippen molar-refractivity contribution >= 4 is 17.6 Å². The van der Waals surface area contributed by atoms with Crippen LogP contribution in [0.2, 0.25) is 5.02 Å². The van der Waals surface area contributed by atoms with Crippen molar-refractivity contribution in [1.29, 1.82) is 0 Å². The normalized spacial score (nSPS) is 18.4. The molecule has 1 atom stereocenters. The Morgan fingerprint density at radius 3 is 2.62 bits per heavy atom. The Hall–Kier alpha value is -1.30. The van der Waals surface area contributed by atoms with Crippen LogP contribution >= 0.6 is 11.6 Å². The molecule has 0 unspecified atom stereocenters. The Morgan fingerprint density at radius 1 is 1.38 bits per heavy atom. The number of carbonyl (C=O) groups is 1. The number of carboxylic acids is 1. The van der Waals surface area contributed by atoms with E-state index in [-0.39, 0.29) is 0 Å². The number of piperazine rings is 1. The summed E-state index contributed by atoms with van der Waals surface area (Å²) < 4.78 is 5.36. The molecule has 21 heavy (non-hydrogen) atoms. The van der Waals surface area contributed by atoms with Crippen LogP contribution in [0.4, 0.5) is 0 Å². The summed E-state index contributed by atoms with van der Waals surface area (Å²) in [5.74, 6) is 0.0701. The SMILES string of the molecule is COc1ccc(Cl)cc1CN1CCN([C@H](C)C(=O)O)CC1. The second-order valence-corrected chi connectivity index (χ2v) is 5.72. The van der Waals surface area contributed by atoms with Crippen molar-refractivity contribution < 1.29 is 14.6 Å². The van der Waals surface area contributed by atoms with Crippen LogP contribution in [0.15, 0.2) is 18.2 Å². The second-order valence-electron chi connectivity index (χ2n) is 5.28. The van der Waals surface area contributed by atoms with E-state index in [1.54, 1.807) is 14.0 Å². The number of carboxylic acid groups (broad SMARTS) is 1. The van der Waals surface area contributed by atoms with E-state index in [9.17, 15) is 4.79 Å². The lowest BCUT2D eigenvalue weighted by Gasteiger charge is -2.36. The molecule has 6 heteroatoms. The van der Waals surface area contributed by atoms with Crippen molar-refractivity contribution in [3.8, 4) is 5.75 Å². The summed E-state index contributed by atoms with van der Waals surface area (Å²) in [5.41, 5.74) is 1.06. The molecule has 0 aliphatic carbocycles. The summed E-state index contributed by atoms with van der Waals surface area (Å²) in [5, 5.41) is 9.75. The molecule has 0 saturated carbocycles. The molecular formula is C15H21ClN2O3. The number of benzene rings is 1. The fourth-order valence-corrected chi connectivity index (χ4v) is 2.77. The minimum Gasteiger partial charge on any atom is -0.496 e. The Morgan fingerprint density at radius 2 is 2.05 bits per heavy atom. The zero-order chi connectivity index (χ0) is 15.4. The molecule has 1 saturated heterocycles. The molecular weight excluding hydrogens is 292 g/mol. The number of halogens is 1. The predicted molar refractivity (Wildman–Crippen MR) is 82.0 cm³/mol. The van der Waals surface area contributed by atoms with Gasteiger partial charge < -0.3 is 9.84 Å². The molecule has 0 amide bonds. The van der Waals surface area contributed by atoms with Gasteiger partial charge in [0, 0.05) is 43.3 Å². The highest BCUT2D eigenvalue weighted by Gasteiger charge is 2.25. The van der Waals surface area contributed by atoms with Crippen LogP contribution in [0.25, 0.3) is 0 Å². The van der Waals surface area contributed by atoms with E-state index < -0.39 is 12.0 Å². The van der Waals surface area contributed by atoms with Crippen LogP contribution in [0.5, 0.6) is 5.75 Å². The molecule has 2 rings (SSSR count). The number of nitrogens with zero attached hydrogens (tertiary/aromatic N) is 2. The Bertz CT molecular complexity index is 502. The highest BCUT2D eigenvalue weighted by Crippen LogP contribution is 2.24. The number of hydrogen-bond donors (Lipinski definition) is 1. The van der Waals surface area contributed by atoms with Gasteiger partial charge in [-0.1, -0.05) is 11.6 Å². The van der Waals surface area contributed by atoms with Gasteiger partial charge in [-0.25, -0.2) is 0 Å². The summed E-state index contributed by atoms with van der Waals surface area (Å²) in [7, 11) is 1.65. The average molecular weight is 313 g/mol. The van der Waals surface area contributed by atoms with Gasteiger partial charge in [0.1, 0.15) is 11.8 Å². The predicted octanol–water partition coefficient (Wildman–Crippen LogP) is 1.94. The zero-order valence-electron chi connectivity index (χ0n) is 12.4. The molecule has 116 valence electrons. The molecule has 1 aromatic carbocycles. The van der Waals surface area contributed by atoms with Gasteiger partial charge in [-0.15, -0.1) is 0 Å². The first kappa shape index (κ1) is 16.1. The third-order valence-electron chi connectivity index (χ3n) is 3.95. The van der Waals surface area contributed by atoms with Crippen molar-refractivity contribution in [2.24, 2.45) is 0 Å². The zero-order valence-corrected chi connectivity index (χ0v) is 13.1. The average Bonchev–Trinajstić information content (AvgIpc) is 2.47. The van der Waals surface area contributed by atoms with E-state index >= 15 is 0 Å². The fourth-order valence-electron chi connectivity index (χ4n) is 2.58. The van der Waals surface area contributed by atoms with Gasteiger partial charge in [0.05, 0.1) is 7.11 Å². The van der Waals surface area contributed by atoms with Crippen LogP contribution in [0.3, 0.4) is 0 Å². The summed E-state index contributed by atoms with van der Waals surface area (Å²) in [6.07, 6.45) is 0. The van der Waals surface area contributed by atoms with Gasteiger partial charge in [0.15, 0.2) is 0 Å². The molecule has 1 aromatic rings. The largest absolute Gasteiger partial charge is 0.496 e. The Kier molecular flexibility index (Phi) is 5.45. The van der Waals surface area contributed by atoms with Crippen molar-refractivity contribution in [2.45, 2.75) is 19.5 Å². The van der Waals surface area contributed by atoms with Crippen LogP contribution < -0.4 is 4.74 Å². The van der Waals surface area contributed by atoms with E-state index in [0.717, 1.165) is 44.0 Å². The van der Waals surface area contributed by atoms with E-state index in [1.807, 2.05) is 23.1 Å². The monoisotopic (exact) mass is 312 g/mol. The summed E-state index contributed by atoms with van der Waals surface area (Å²) in [4.78, 5) is 15.3. The first-order chi connectivity index (χ1) is 10.0. The molecule has 0 radical (unpaired) electrons. The molecule has 1 aliphatic heterocycles. The van der Waals surface area contributed by atoms with Crippen molar-refractivity contribution in [3.05, 3.63) is 28.8 Å². The van der Waals surface area contributed by atoms with E-state index in [1.165, 1.54) is 0 Å². The molecule has 1 N–H and O–H groups in total. The fraction of sp³-hybridized carbons (Fsp3) is 0.533. The highest BCUT2D eigenvalue weighted by molar-refractivity contribution is 6.30. The molecule has 1 aliphatic rings. The van der Waals surface area contributed by atoms with E-state index in [0.29, 0.717) is 5.02 Å². The van der Waals surface area contributed by atoms with Gasteiger partial charge in [0.2, 0.25) is 0 Å². The quantitative estimate of drug-likeness (QED) is 0.900. The molecule has 1 fully saturated rings. The topological polar surface area (TPSA) is 53.0 Å². The van der Waals surface area contributed by atoms with Gasteiger partial charge in [-0.2, -0.15) is 0 Å². The number of hydrogen-bond acceptors (Lipinski definition) is 4. The maximum Gasteiger partial charge on any atom is 0.320 e. The molecule has 1 heterocycles. The molecule has 0 bridgehead atoms. The van der Waals surface area contributed by atoms with E-state index in [2.05, 4.69) is 4.90 Å². The van der Waals surface area contributed by atoms with Crippen LogP contribution in [-0.2, 0) is 11.3 Å². The standard InChI is InChI=1S/C15H21ClN2O3/c1-11(15(19)20)18-7-5-17(6-8-18)10-12-9-13(16)3-4-14(12)21-2/h3-4,9,11H,5-8,10H2,1-2H3,(H,19,20)/t11-/m1/s1. The van der Waals surface area contributed by atoms with Gasteiger partial charge in [0.25, 0.3) is 0 Å². The van der Waals surface area contributed by atoms with E-state index in [4.69, 9.17) is 21.4 Å². The van der Waals surface area contributed by atoms with Crippen molar-refractivity contribution in [2.75, 3.05) is 33.3 Å². The lowest BCUT2D eigenvalue weighted by molar-refractivity contribution is -0.143. The second kappa shape index (κ2) is 7.11. The van der Waals surface area contributed by atoms with Gasteiger partial charge in [-0.3, -0.25) is 14.6 Å². The third-order valence-corrected chi connectivity index (χ3v) is 4.18. The maximum atomic E-state index is 11.0. The van der Waals surface area contributed by atoms with Crippen LogP contribution in [0.1, 0.15) is 12.5 Å². The summed E-state index contributed by atoms with van der Waals surface area (Å²) in [6, 6.07) is 5.19.